The monoisotopic (exact) mass is 289 g/mol. The first-order valence-corrected chi connectivity index (χ1v) is 6.50. The van der Waals surface area contributed by atoms with Crippen molar-refractivity contribution in [2.24, 2.45) is 0 Å². The minimum atomic E-state index is -4.30. The predicted octanol–water partition coefficient (Wildman–Crippen LogP) is 2.37. The fourth-order valence-corrected chi connectivity index (χ4v) is 2.76. The number of hydrogen-bond donors (Lipinski definition) is 2. The number of halogens is 3. The molecule has 3 nitrogen and oxygen atoms in total. The molecule has 20 heavy (non-hydrogen) atoms. The molecule has 1 aromatic rings. The van der Waals surface area contributed by atoms with Gasteiger partial charge in [-0.3, -0.25) is 5.32 Å². The molecule has 0 aromatic heterocycles. The van der Waals surface area contributed by atoms with E-state index in [0.717, 1.165) is 24.0 Å². The summed E-state index contributed by atoms with van der Waals surface area (Å²) < 4.78 is 42.5. The lowest BCUT2D eigenvalue weighted by atomic mass is 9.77. The van der Waals surface area contributed by atoms with Crippen LogP contribution in [-0.4, -0.2) is 31.5 Å². The molecule has 0 fully saturated rings. The molecular formula is C14H18F3NO2. The van der Waals surface area contributed by atoms with Gasteiger partial charge in [0, 0.05) is 0 Å². The number of nitrogens with one attached hydrogen (secondary N) is 1. The van der Waals surface area contributed by atoms with Crippen LogP contribution in [0.4, 0.5) is 13.2 Å². The van der Waals surface area contributed by atoms with Crippen molar-refractivity contribution in [2.45, 2.75) is 31.0 Å². The van der Waals surface area contributed by atoms with Gasteiger partial charge in [0.2, 0.25) is 0 Å². The van der Waals surface area contributed by atoms with E-state index in [1.54, 1.807) is 19.2 Å². The fourth-order valence-electron chi connectivity index (χ4n) is 2.76. The van der Waals surface area contributed by atoms with E-state index in [-0.39, 0.29) is 6.61 Å². The van der Waals surface area contributed by atoms with Crippen LogP contribution in [0, 0.1) is 0 Å². The van der Waals surface area contributed by atoms with Crippen molar-refractivity contribution in [2.75, 3.05) is 20.3 Å². The summed E-state index contributed by atoms with van der Waals surface area (Å²) in [6, 6.07) is 5.28. The van der Waals surface area contributed by atoms with E-state index in [2.05, 4.69) is 5.32 Å². The molecule has 0 heterocycles. The highest BCUT2D eigenvalue weighted by molar-refractivity contribution is 5.42. The van der Waals surface area contributed by atoms with Crippen LogP contribution in [0.25, 0.3) is 0 Å². The summed E-state index contributed by atoms with van der Waals surface area (Å²) in [6.45, 7) is -1.47. The van der Waals surface area contributed by atoms with Crippen molar-refractivity contribution in [3.8, 4) is 5.75 Å². The summed E-state index contributed by atoms with van der Waals surface area (Å²) in [6.07, 6.45) is -2.31. The number of aliphatic hydroxyl groups excluding tert-OH is 1. The normalized spacial score (nSPS) is 22.4. The number of benzene rings is 1. The van der Waals surface area contributed by atoms with Crippen LogP contribution in [-0.2, 0) is 12.0 Å². The maximum atomic E-state index is 12.4. The van der Waals surface area contributed by atoms with Gasteiger partial charge in [0.05, 0.1) is 25.8 Å². The molecule has 112 valence electrons. The lowest BCUT2D eigenvalue weighted by molar-refractivity contribution is -0.130. The van der Waals surface area contributed by atoms with E-state index in [1.807, 2.05) is 6.07 Å². The first kappa shape index (κ1) is 15.1. The third-order valence-electron chi connectivity index (χ3n) is 3.77. The van der Waals surface area contributed by atoms with Gasteiger partial charge < -0.3 is 9.84 Å². The van der Waals surface area contributed by atoms with Crippen molar-refractivity contribution in [1.82, 2.24) is 5.32 Å². The summed E-state index contributed by atoms with van der Waals surface area (Å²) in [5, 5.41) is 12.2. The van der Waals surface area contributed by atoms with Crippen molar-refractivity contribution in [1.29, 1.82) is 0 Å². The molecule has 2 N–H and O–H groups in total. The van der Waals surface area contributed by atoms with Gasteiger partial charge in [-0.1, -0.05) is 6.07 Å². The van der Waals surface area contributed by atoms with Gasteiger partial charge >= 0.3 is 6.18 Å². The summed E-state index contributed by atoms with van der Waals surface area (Å²) >= 11 is 0. The zero-order valence-corrected chi connectivity index (χ0v) is 11.3. The Hall–Kier alpha value is -1.27. The van der Waals surface area contributed by atoms with Gasteiger partial charge in [0.15, 0.2) is 0 Å². The van der Waals surface area contributed by atoms with Crippen LogP contribution in [0.2, 0.25) is 0 Å². The minimum absolute atomic E-state index is 0.359. The average Bonchev–Trinajstić information content (AvgIpc) is 2.43. The highest BCUT2D eigenvalue weighted by atomic mass is 19.4. The van der Waals surface area contributed by atoms with E-state index >= 15 is 0 Å². The number of alkyl halides is 3. The first-order valence-electron chi connectivity index (χ1n) is 6.50. The highest BCUT2D eigenvalue weighted by Gasteiger charge is 2.39. The van der Waals surface area contributed by atoms with Crippen LogP contribution in [0.1, 0.15) is 24.0 Å². The van der Waals surface area contributed by atoms with Crippen LogP contribution >= 0.6 is 0 Å². The van der Waals surface area contributed by atoms with Crippen LogP contribution in [0.15, 0.2) is 18.2 Å². The predicted molar refractivity (Wildman–Crippen MR) is 68.8 cm³/mol. The number of methoxy groups -OCH3 is 1. The van der Waals surface area contributed by atoms with Crippen molar-refractivity contribution in [3.05, 3.63) is 29.3 Å². The Morgan fingerprint density at radius 1 is 1.40 bits per heavy atom. The first-order chi connectivity index (χ1) is 9.40. The van der Waals surface area contributed by atoms with Crippen molar-refractivity contribution in [3.63, 3.8) is 0 Å². The SMILES string of the molecule is COc1ccc2c(c1)CCCC2(CO)NCC(F)(F)F. The lowest BCUT2D eigenvalue weighted by Crippen LogP contribution is -2.51. The number of hydrogen-bond acceptors (Lipinski definition) is 3. The average molecular weight is 289 g/mol. The zero-order valence-electron chi connectivity index (χ0n) is 11.3. The Bertz CT molecular complexity index is 476. The summed E-state index contributed by atoms with van der Waals surface area (Å²) in [4.78, 5) is 0. The number of ether oxygens (including phenoxy) is 1. The second-order valence-electron chi connectivity index (χ2n) is 5.09. The number of rotatable bonds is 4. The Labute approximate surface area is 115 Å². The van der Waals surface area contributed by atoms with Crippen LogP contribution in [0.3, 0.4) is 0 Å². The topological polar surface area (TPSA) is 41.5 Å². The molecule has 0 saturated carbocycles. The van der Waals surface area contributed by atoms with Gasteiger partial charge in [0.1, 0.15) is 5.75 Å². The van der Waals surface area contributed by atoms with Gasteiger partial charge in [0.25, 0.3) is 0 Å². The van der Waals surface area contributed by atoms with E-state index in [4.69, 9.17) is 4.74 Å². The molecule has 0 saturated heterocycles. The largest absolute Gasteiger partial charge is 0.497 e. The zero-order chi connectivity index (χ0) is 14.8. The molecule has 2 rings (SSSR count). The molecule has 1 aliphatic rings. The summed E-state index contributed by atoms with van der Waals surface area (Å²) in [5.41, 5.74) is 0.644. The molecule has 0 aliphatic heterocycles. The number of fused-ring (bicyclic) bond motifs is 1. The fraction of sp³-hybridized carbons (Fsp3) is 0.571. The third-order valence-corrected chi connectivity index (χ3v) is 3.77. The molecule has 6 heteroatoms. The van der Waals surface area contributed by atoms with Crippen molar-refractivity contribution >= 4 is 0 Å². The lowest BCUT2D eigenvalue weighted by Gasteiger charge is -2.39. The Balaban J connectivity index is 2.32. The van der Waals surface area contributed by atoms with Crippen molar-refractivity contribution < 1.29 is 23.0 Å². The summed E-state index contributed by atoms with van der Waals surface area (Å²) in [5.74, 6) is 0.674. The van der Waals surface area contributed by atoms with Gasteiger partial charge in [-0.15, -0.1) is 0 Å². The maximum absolute atomic E-state index is 12.4. The number of aliphatic hydroxyl groups is 1. The molecular weight excluding hydrogens is 271 g/mol. The van der Waals surface area contributed by atoms with E-state index in [9.17, 15) is 18.3 Å². The molecule has 1 atom stereocenters. The van der Waals surface area contributed by atoms with E-state index in [0.29, 0.717) is 12.2 Å². The Kier molecular flexibility index (Phi) is 4.25. The quantitative estimate of drug-likeness (QED) is 0.894. The molecule has 1 unspecified atom stereocenters. The summed E-state index contributed by atoms with van der Waals surface area (Å²) in [7, 11) is 1.55. The second kappa shape index (κ2) is 5.61. The molecule has 0 radical (unpaired) electrons. The third kappa shape index (κ3) is 3.07. The smallest absolute Gasteiger partial charge is 0.401 e. The van der Waals surface area contributed by atoms with Gasteiger partial charge in [-0.2, -0.15) is 13.2 Å². The maximum Gasteiger partial charge on any atom is 0.401 e. The number of aryl methyl sites for hydroxylation is 1. The van der Waals surface area contributed by atoms with Gasteiger partial charge in [-0.05, 0) is 42.5 Å². The Morgan fingerprint density at radius 2 is 2.15 bits per heavy atom. The van der Waals surface area contributed by atoms with E-state index in [1.165, 1.54) is 0 Å². The van der Waals surface area contributed by atoms with Gasteiger partial charge in [-0.25, -0.2) is 0 Å². The standard InChI is InChI=1S/C14H18F3NO2/c1-20-11-4-5-12-10(7-11)3-2-6-13(12,9-19)18-8-14(15,16)17/h4-5,7,18-19H,2-3,6,8-9H2,1H3. The van der Waals surface area contributed by atoms with E-state index < -0.39 is 18.3 Å². The second-order valence-corrected chi connectivity index (χ2v) is 5.09. The van der Waals surface area contributed by atoms with Crippen LogP contribution < -0.4 is 10.1 Å². The molecule has 1 aliphatic carbocycles. The van der Waals surface area contributed by atoms with Crippen LogP contribution in [0.5, 0.6) is 5.75 Å². The molecule has 0 spiro atoms. The highest BCUT2D eigenvalue weighted by Crippen LogP contribution is 2.37. The molecule has 0 bridgehead atoms. The minimum Gasteiger partial charge on any atom is -0.497 e. The molecule has 1 aromatic carbocycles. The Morgan fingerprint density at radius 3 is 2.75 bits per heavy atom. The molecule has 0 amide bonds.